The molecule has 0 aliphatic carbocycles. The molecule has 0 aromatic heterocycles. The predicted molar refractivity (Wildman–Crippen MR) is 55.3 cm³/mol. The van der Waals surface area contributed by atoms with Crippen LogP contribution in [-0.4, -0.2) is 17.2 Å². The Morgan fingerprint density at radius 1 is 1.31 bits per heavy atom. The van der Waals surface area contributed by atoms with E-state index in [0.29, 0.717) is 5.71 Å². The monoisotopic (exact) mass is 191 g/mol. The zero-order chi connectivity index (χ0) is 9.10. The molecule has 0 saturated carbocycles. The topological polar surface area (TPSA) is 29.4 Å². The zero-order valence-corrected chi connectivity index (χ0v) is 7.88. The van der Waals surface area contributed by atoms with Gasteiger partial charge in [0.1, 0.15) is 0 Å². The SMILES string of the molecule is O=C(C1=NSCC1)c1ccccc1. The Bertz CT molecular complexity index is 345. The van der Waals surface area contributed by atoms with E-state index in [-0.39, 0.29) is 5.78 Å². The van der Waals surface area contributed by atoms with E-state index < -0.39 is 0 Å². The molecule has 1 aromatic carbocycles. The lowest BCUT2D eigenvalue weighted by atomic mass is 10.1. The molecular weight excluding hydrogens is 182 g/mol. The number of nitrogens with zero attached hydrogens (tertiary/aromatic N) is 1. The van der Waals surface area contributed by atoms with Gasteiger partial charge >= 0.3 is 0 Å². The van der Waals surface area contributed by atoms with Crippen molar-refractivity contribution in [3.8, 4) is 0 Å². The highest BCUT2D eigenvalue weighted by atomic mass is 32.2. The van der Waals surface area contributed by atoms with Gasteiger partial charge in [0.2, 0.25) is 5.78 Å². The second-order valence-corrected chi connectivity index (χ2v) is 3.67. The molecule has 0 fully saturated rings. The van der Waals surface area contributed by atoms with E-state index in [4.69, 9.17) is 0 Å². The number of ketones is 1. The maximum atomic E-state index is 11.7. The van der Waals surface area contributed by atoms with Crippen LogP contribution in [0.15, 0.2) is 34.7 Å². The molecule has 1 aliphatic rings. The Morgan fingerprint density at radius 3 is 2.69 bits per heavy atom. The molecule has 1 aromatic rings. The highest BCUT2D eigenvalue weighted by Gasteiger charge is 2.16. The maximum absolute atomic E-state index is 11.7. The van der Waals surface area contributed by atoms with Crippen molar-refractivity contribution in [1.29, 1.82) is 0 Å². The van der Waals surface area contributed by atoms with Crippen molar-refractivity contribution in [3.63, 3.8) is 0 Å². The van der Waals surface area contributed by atoms with Crippen LogP contribution in [0.1, 0.15) is 16.8 Å². The molecule has 66 valence electrons. The first kappa shape index (κ1) is 8.51. The van der Waals surface area contributed by atoms with Crippen molar-refractivity contribution in [2.75, 3.05) is 5.75 Å². The van der Waals surface area contributed by atoms with Crippen molar-refractivity contribution >= 4 is 23.4 Å². The number of hydrogen-bond donors (Lipinski definition) is 0. The molecule has 2 nitrogen and oxygen atoms in total. The normalized spacial score (nSPS) is 15.5. The summed E-state index contributed by atoms with van der Waals surface area (Å²) in [6, 6.07) is 9.30. The van der Waals surface area contributed by atoms with E-state index in [2.05, 4.69) is 4.40 Å². The van der Waals surface area contributed by atoms with Crippen LogP contribution in [0.3, 0.4) is 0 Å². The van der Waals surface area contributed by atoms with Gasteiger partial charge < -0.3 is 0 Å². The van der Waals surface area contributed by atoms with Gasteiger partial charge in [-0.05, 0) is 11.9 Å². The summed E-state index contributed by atoms with van der Waals surface area (Å²) in [4.78, 5) is 11.7. The van der Waals surface area contributed by atoms with Crippen LogP contribution in [-0.2, 0) is 0 Å². The molecule has 1 heterocycles. The fourth-order valence-corrected chi connectivity index (χ4v) is 1.93. The average molecular weight is 191 g/mol. The number of rotatable bonds is 2. The third-order valence-electron chi connectivity index (χ3n) is 1.90. The van der Waals surface area contributed by atoms with Crippen LogP contribution in [0, 0.1) is 0 Å². The summed E-state index contributed by atoms with van der Waals surface area (Å²) in [6.07, 6.45) is 0.804. The number of carbonyl (C=O) groups excluding carboxylic acids is 1. The maximum Gasteiger partial charge on any atom is 0.207 e. The molecule has 0 amide bonds. The lowest BCUT2D eigenvalue weighted by Gasteiger charge is -1.97. The van der Waals surface area contributed by atoms with Crippen molar-refractivity contribution in [2.24, 2.45) is 4.40 Å². The molecule has 0 spiro atoms. The molecular formula is C10H9NOS. The summed E-state index contributed by atoms with van der Waals surface area (Å²) < 4.78 is 4.10. The van der Waals surface area contributed by atoms with Gasteiger partial charge in [-0.25, -0.2) is 4.40 Å². The van der Waals surface area contributed by atoms with Gasteiger partial charge in [0, 0.05) is 17.7 Å². The van der Waals surface area contributed by atoms with Gasteiger partial charge in [-0.1, -0.05) is 30.3 Å². The Balaban J connectivity index is 2.23. The lowest BCUT2D eigenvalue weighted by Crippen LogP contribution is -2.11. The van der Waals surface area contributed by atoms with Crippen LogP contribution in [0.25, 0.3) is 0 Å². The first-order valence-electron chi connectivity index (χ1n) is 4.16. The highest BCUT2D eigenvalue weighted by Crippen LogP contribution is 2.17. The van der Waals surface area contributed by atoms with Gasteiger partial charge in [0.15, 0.2) is 0 Å². The van der Waals surface area contributed by atoms with E-state index in [0.717, 1.165) is 17.7 Å². The van der Waals surface area contributed by atoms with Crippen molar-refractivity contribution in [2.45, 2.75) is 6.42 Å². The molecule has 0 saturated heterocycles. The van der Waals surface area contributed by atoms with Crippen molar-refractivity contribution in [1.82, 2.24) is 0 Å². The van der Waals surface area contributed by atoms with Crippen LogP contribution >= 0.6 is 11.9 Å². The Morgan fingerprint density at radius 2 is 2.08 bits per heavy atom. The Kier molecular flexibility index (Phi) is 2.45. The number of Topliss-reactive ketones (excluding diaryl/α,β-unsaturated/α-hetero) is 1. The summed E-state index contributed by atoms with van der Waals surface area (Å²) in [5, 5.41) is 0. The van der Waals surface area contributed by atoms with E-state index in [1.165, 1.54) is 11.9 Å². The first-order chi connectivity index (χ1) is 6.38. The Labute approximate surface area is 81.2 Å². The van der Waals surface area contributed by atoms with E-state index in [1.54, 1.807) is 0 Å². The fourth-order valence-electron chi connectivity index (χ4n) is 1.22. The number of benzene rings is 1. The summed E-state index contributed by atoms with van der Waals surface area (Å²) in [5.41, 5.74) is 1.44. The number of hydrogen-bond acceptors (Lipinski definition) is 3. The summed E-state index contributed by atoms with van der Waals surface area (Å²) in [6.45, 7) is 0. The minimum Gasteiger partial charge on any atom is -0.287 e. The van der Waals surface area contributed by atoms with Gasteiger partial charge in [-0.3, -0.25) is 4.79 Å². The smallest absolute Gasteiger partial charge is 0.207 e. The van der Waals surface area contributed by atoms with Gasteiger partial charge in [-0.2, -0.15) is 0 Å². The molecule has 0 bridgehead atoms. The molecule has 0 N–H and O–H groups in total. The first-order valence-corrected chi connectivity index (χ1v) is 5.11. The van der Waals surface area contributed by atoms with Gasteiger partial charge in [-0.15, -0.1) is 0 Å². The van der Waals surface area contributed by atoms with E-state index in [1.807, 2.05) is 30.3 Å². The fraction of sp³-hybridized carbons (Fsp3) is 0.200. The average Bonchev–Trinajstić information content (AvgIpc) is 2.71. The predicted octanol–water partition coefficient (Wildman–Crippen LogP) is 2.36. The summed E-state index contributed by atoms with van der Waals surface area (Å²) >= 11 is 1.47. The van der Waals surface area contributed by atoms with Crippen LogP contribution in [0.2, 0.25) is 0 Å². The third-order valence-corrected chi connectivity index (χ3v) is 2.64. The van der Waals surface area contributed by atoms with Crippen LogP contribution in [0.4, 0.5) is 0 Å². The molecule has 1 aliphatic heterocycles. The van der Waals surface area contributed by atoms with Crippen molar-refractivity contribution < 1.29 is 4.79 Å². The van der Waals surface area contributed by atoms with Crippen LogP contribution in [0.5, 0.6) is 0 Å². The van der Waals surface area contributed by atoms with E-state index in [9.17, 15) is 4.79 Å². The summed E-state index contributed by atoms with van der Waals surface area (Å²) in [7, 11) is 0. The molecule has 2 rings (SSSR count). The standard InChI is InChI=1S/C10H9NOS/c12-10(9-6-7-13-11-9)8-4-2-1-3-5-8/h1-5H,6-7H2. The minimum atomic E-state index is 0.0746. The lowest BCUT2D eigenvalue weighted by molar-refractivity contribution is 0.106. The molecule has 3 heteroatoms. The van der Waals surface area contributed by atoms with E-state index >= 15 is 0 Å². The molecule has 0 radical (unpaired) electrons. The minimum absolute atomic E-state index is 0.0746. The second kappa shape index (κ2) is 3.75. The Hall–Kier alpha value is -1.09. The van der Waals surface area contributed by atoms with Crippen LogP contribution < -0.4 is 0 Å². The summed E-state index contributed by atoms with van der Waals surface area (Å²) in [5.74, 6) is 1.01. The van der Waals surface area contributed by atoms with Crippen molar-refractivity contribution in [3.05, 3.63) is 35.9 Å². The quantitative estimate of drug-likeness (QED) is 0.530. The largest absolute Gasteiger partial charge is 0.287 e. The highest BCUT2D eigenvalue weighted by molar-refractivity contribution is 7.98. The zero-order valence-electron chi connectivity index (χ0n) is 7.06. The second-order valence-electron chi connectivity index (χ2n) is 2.82. The number of carbonyl (C=O) groups is 1. The van der Waals surface area contributed by atoms with Gasteiger partial charge in [0.05, 0.1) is 5.71 Å². The molecule has 13 heavy (non-hydrogen) atoms. The molecule has 0 atom stereocenters. The molecule has 0 unspecified atom stereocenters. The van der Waals surface area contributed by atoms with Gasteiger partial charge in [0.25, 0.3) is 0 Å². The third kappa shape index (κ3) is 1.80.